The van der Waals surface area contributed by atoms with E-state index in [2.05, 4.69) is 4.74 Å². The Morgan fingerprint density at radius 3 is 2.50 bits per heavy atom. The third-order valence-electron chi connectivity index (χ3n) is 5.47. The average Bonchev–Trinajstić information content (AvgIpc) is 3.23. The standard InChI is InChI=1S/C25H21NO8/c1-4-16-9-19-22(11-21(16)32-12-15-5-7-17(8-6-15)26(29)30)33-13-20(24(19)27)18-10-23(25(28)31-3)34-14(18)2/h5-11,13H,4,12H2,1-3H3. The Morgan fingerprint density at radius 1 is 1.12 bits per heavy atom. The number of esters is 1. The average molecular weight is 463 g/mol. The first-order valence-electron chi connectivity index (χ1n) is 10.5. The fraction of sp³-hybridized carbons (Fsp3) is 0.200. The summed E-state index contributed by atoms with van der Waals surface area (Å²) >= 11 is 0. The summed E-state index contributed by atoms with van der Waals surface area (Å²) in [6, 6.07) is 11.0. The van der Waals surface area contributed by atoms with Crippen LogP contribution < -0.4 is 10.2 Å². The maximum absolute atomic E-state index is 13.3. The summed E-state index contributed by atoms with van der Waals surface area (Å²) in [5, 5.41) is 11.2. The first kappa shape index (κ1) is 22.8. The maximum atomic E-state index is 13.3. The molecule has 0 aliphatic carbocycles. The molecule has 0 saturated heterocycles. The second-order valence-corrected chi connectivity index (χ2v) is 7.57. The molecule has 2 aromatic carbocycles. The summed E-state index contributed by atoms with van der Waals surface area (Å²) in [6.07, 6.45) is 1.93. The number of nitrogens with zero attached hydrogens (tertiary/aromatic N) is 1. The molecule has 4 aromatic rings. The van der Waals surface area contributed by atoms with E-state index in [1.54, 1.807) is 31.2 Å². The number of methoxy groups -OCH3 is 1. The van der Waals surface area contributed by atoms with Gasteiger partial charge in [0.05, 0.1) is 23.0 Å². The molecule has 0 radical (unpaired) electrons. The summed E-state index contributed by atoms with van der Waals surface area (Å²) < 4.78 is 21.8. The van der Waals surface area contributed by atoms with E-state index >= 15 is 0 Å². The zero-order valence-electron chi connectivity index (χ0n) is 18.7. The number of ether oxygens (including phenoxy) is 2. The molecule has 0 unspecified atom stereocenters. The van der Waals surface area contributed by atoms with Crippen LogP contribution in [-0.2, 0) is 17.8 Å². The minimum absolute atomic E-state index is 0.00117. The van der Waals surface area contributed by atoms with E-state index in [1.165, 1.54) is 31.6 Å². The van der Waals surface area contributed by atoms with Crippen LogP contribution in [-0.4, -0.2) is 18.0 Å². The second-order valence-electron chi connectivity index (χ2n) is 7.57. The van der Waals surface area contributed by atoms with Crippen molar-refractivity contribution in [1.29, 1.82) is 0 Å². The summed E-state index contributed by atoms with van der Waals surface area (Å²) in [7, 11) is 1.25. The van der Waals surface area contributed by atoms with Crippen LogP contribution in [0.1, 0.15) is 34.4 Å². The quantitative estimate of drug-likeness (QED) is 0.208. The number of nitro benzene ring substituents is 1. The normalized spacial score (nSPS) is 10.9. The zero-order valence-corrected chi connectivity index (χ0v) is 18.7. The van der Waals surface area contributed by atoms with Crippen LogP contribution in [0.3, 0.4) is 0 Å². The molecule has 0 fully saturated rings. The molecule has 9 heteroatoms. The highest BCUT2D eigenvalue weighted by molar-refractivity contribution is 5.90. The number of hydrogen-bond donors (Lipinski definition) is 0. The van der Waals surface area contributed by atoms with Crippen molar-refractivity contribution in [3.63, 3.8) is 0 Å². The van der Waals surface area contributed by atoms with Gasteiger partial charge < -0.3 is 18.3 Å². The number of rotatable bonds is 7. The predicted molar refractivity (Wildman–Crippen MR) is 123 cm³/mol. The number of non-ortho nitro benzene ring substituents is 1. The molecular weight excluding hydrogens is 442 g/mol. The van der Waals surface area contributed by atoms with Gasteiger partial charge in [-0.05, 0) is 48.7 Å². The molecule has 0 N–H and O–H groups in total. The van der Waals surface area contributed by atoms with Crippen LogP contribution in [0.15, 0.2) is 62.4 Å². The monoisotopic (exact) mass is 463 g/mol. The number of benzene rings is 2. The van der Waals surface area contributed by atoms with Crippen molar-refractivity contribution in [1.82, 2.24) is 0 Å². The SMILES string of the molecule is CCc1cc2c(=O)c(-c3cc(C(=O)OC)oc3C)coc2cc1OCc1ccc([N+](=O)[O-])cc1. The van der Waals surface area contributed by atoms with Crippen LogP contribution >= 0.6 is 0 Å². The third kappa shape index (κ3) is 4.27. The second kappa shape index (κ2) is 9.22. The molecule has 0 saturated carbocycles. The Balaban J connectivity index is 1.67. The number of carbonyl (C=O) groups is 1. The molecule has 2 aromatic heterocycles. The first-order chi connectivity index (χ1) is 16.3. The Bertz CT molecular complexity index is 1450. The van der Waals surface area contributed by atoms with Crippen LogP contribution in [0.25, 0.3) is 22.1 Å². The maximum Gasteiger partial charge on any atom is 0.373 e. The lowest BCUT2D eigenvalue weighted by atomic mass is 10.0. The predicted octanol–water partition coefficient (Wildman–Crippen LogP) is 5.20. The lowest BCUT2D eigenvalue weighted by molar-refractivity contribution is -0.384. The van der Waals surface area contributed by atoms with Gasteiger partial charge in [0.2, 0.25) is 11.2 Å². The highest BCUT2D eigenvalue weighted by atomic mass is 16.6. The molecular formula is C25H21NO8. The smallest absolute Gasteiger partial charge is 0.373 e. The van der Waals surface area contributed by atoms with Crippen molar-refractivity contribution in [3.8, 4) is 16.9 Å². The van der Waals surface area contributed by atoms with Crippen molar-refractivity contribution in [2.45, 2.75) is 26.9 Å². The molecule has 0 aliphatic heterocycles. The van der Waals surface area contributed by atoms with E-state index in [1.807, 2.05) is 6.92 Å². The summed E-state index contributed by atoms with van der Waals surface area (Å²) in [4.78, 5) is 35.4. The van der Waals surface area contributed by atoms with Gasteiger partial charge in [0.25, 0.3) is 5.69 Å². The topological polar surface area (TPSA) is 122 Å². The summed E-state index contributed by atoms with van der Waals surface area (Å²) in [5.41, 5.74) is 2.38. The third-order valence-corrected chi connectivity index (χ3v) is 5.47. The Morgan fingerprint density at radius 2 is 1.85 bits per heavy atom. The van der Waals surface area contributed by atoms with Gasteiger partial charge in [0, 0.05) is 23.8 Å². The van der Waals surface area contributed by atoms with E-state index in [0.717, 1.165) is 11.1 Å². The van der Waals surface area contributed by atoms with Gasteiger partial charge in [-0.3, -0.25) is 14.9 Å². The molecule has 34 heavy (non-hydrogen) atoms. The zero-order chi connectivity index (χ0) is 24.4. The van der Waals surface area contributed by atoms with E-state index in [9.17, 15) is 19.7 Å². The van der Waals surface area contributed by atoms with E-state index in [0.29, 0.717) is 34.5 Å². The fourth-order valence-corrected chi connectivity index (χ4v) is 3.62. The number of furan rings is 1. The van der Waals surface area contributed by atoms with E-state index in [4.69, 9.17) is 13.6 Å². The minimum Gasteiger partial charge on any atom is -0.488 e. The van der Waals surface area contributed by atoms with E-state index in [-0.39, 0.29) is 29.0 Å². The molecule has 0 atom stereocenters. The van der Waals surface area contributed by atoms with Crippen LogP contribution in [0.2, 0.25) is 0 Å². The summed E-state index contributed by atoms with van der Waals surface area (Å²) in [5.74, 6) is 0.309. The van der Waals surface area contributed by atoms with Crippen molar-refractivity contribution in [2.24, 2.45) is 0 Å². The molecule has 2 heterocycles. The highest BCUT2D eigenvalue weighted by Crippen LogP contribution is 2.30. The van der Waals surface area contributed by atoms with Crippen molar-refractivity contribution < 1.29 is 28.0 Å². The van der Waals surface area contributed by atoms with Crippen molar-refractivity contribution >= 4 is 22.6 Å². The fourth-order valence-electron chi connectivity index (χ4n) is 3.62. The van der Waals surface area contributed by atoms with Crippen LogP contribution in [0.4, 0.5) is 5.69 Å². The van der Waals surface area contributed by atoms with Crippen molar-refractivity contribution in [2.75, 3.05) is 7.11 Å². The van der Waals surface area contributed by atoms with Gasteiger partial charge in [-0.2, -0.15) is 0 Å². The molecule has 0 bridgehead atoms. The lowest BCUT2D eigenvalue weighted by Gasteiger charge is -2.12. The Hall–Kier alpha value is -4.40. The van der Waals surface area contributed by atoms with Gasteiger partial charge in [0.1, 0.15) is 30.0 Å². The van der Waals surface area contributed by atoms with Crippen LogP contribution in [0.5, 0.6) is 5.75 Å². The largest absolute Gasteiger partial charge is 0.488 e. The first-order valence-corrected chi connectivity index (χ1v) is 10.5. The number of nitro groups is 1. The molecule has 0 spiro atoms. The van der Waals surface area contributed by atoms with Gasteiger partial charge >= 0.3 is 5.97 Å². The van der Waals surface area contributed by atoms with Gasteiger partial charge in [-0.15, -0.1) is 0 Å². The van der Waals surface area contributed by atoms with E-state index < -0.39 is 10.9 Å². The minimum atomic E-state index is -0.636. The summed E-state index contributed by atoms with van der Waals surface area (Å²) in [6.45, 7) is 3.79. The van der Waals surface area contributed by atoms with Crippen LogP contribution in [0, 0.1) is 17.0 Å². The number of hydrogen-bond acceptors (Lipinski definition) is 8. The Kier molecular flexibility index (Phi) is 6.18. The van der Waals surface area contributed by atoms with Gasteiger partial charge in [-0.25, -0.2) is 4.79 Å². The lowest BCUT2D eigenvalue weighted by Crippen LogP contribution is -2.07. The number of fused-ring (bicyclic) bond motifs is 1. The molecule has 0 aliphatic rings. The van der Waals surface area contributed by atoms with Gasteiger partial charge in [0.15, 0.2) is 0 Å². The highest BCUT2D eigenvalue weighted by Gasteiger charge is 2.20. The molecule has 9 nitrogen and oxygen atoms in total. The number of carbonyl (C=O) groups excluding carboxylic acids is 1. The molecule has 4 rings (SSSR count). The molecule has 0 amide bonds. The van der Waals surface area contributed by atoms with Crippen molar-refractivity contribution in [3.05, 3.63) is 91.7 Å². The molecule has 174 valence electrons. The number of aryl methyl sites for hydroxylation is 2. The van der Waals surface area contributed by atoms with Gasteiger partial charge in [-0.1, -0.05) is 6.92 Å². The Labute approximate surface area is 193 Å².